The van der Waals surface area contributed by atoms with Crippen LogP contribution < -0.4 is 10.6 Å². The molecule has 1 aromatic heterocycles. The molecule has 2 atom stereocenters. The number of carbonyl (C=O) groups is 1. The largest absolute Gasteiger partial charge is 0.390 e. The van der Waals surface area contributed by atoms with Crippen molar-refractivity contribution in [1.82, 2.24) is 15.6 Å². The van der Waals surface area contributed by atoms with Gasteiger partial charge in [-0.1, -0.05) is 24.3 Å². The zero-order valence-electron chi connectivity index (χ0n) is 13.1. The SMILES string of the molecule is Cc1csc(CCCNC(=O)NC2c3ccccc3CC2O)n1. The number of aliphatic hydroxyl groups is 1. The van der Waals surface area contributed by atoms with Crippen LogP contribution in [0.25, 0.3) is 0 Å². The number of fused-ring (bicyclic) bond motifs is 1. The van der Waals surface area contributed by atoms with Crippen LogP contribution in [0.3, 0.4) is 0 Å². The molecule has 3 rings (SSSR count). The molecule has 0 fully saturated rings. The Morgan fingerprint density at radius 2 is 2.26 bits per heavy atom. The molecule has 1 aliphatic rings. The van der Waals surface area contributed by atoms with Gasteiger partial charge >= 0.3 is 6.03 Å². The van der Waals surface area contributed by atoms with Gasteiger partial charge in [0.2, 0.25) is 0 Å². The van der Waals surface area contributed by atoms with Gasteiger partial charge in [0.1, 0.15) is 0 Å². The van der Waals surface area contributed by atoms with Crippen molar-refractivity contribution >= 4 is 17.4 Å². The van der Waals surface area contributed by atoms with Crippen LogP contribution in [0.5, 0.6) is 0 Å². The van der Waals surface area contributed by atoms with E-state index in [9.17, 15) is 9.90 Å². The first-order valence-electron chi connectivity index (χ1n) is 7.84. The molecule has 1 heterocycles. The number of thiazole rings is 1. The molecule has 0 saturated heterocycles. The second-order valence-electron chi connectivity index (χ2n) is 5.83. The fourth-order valence-electron chi connectivity index (χ4n) is 2.90. The van der Waals surface area contributed by atoms with E-state index in [2.05, 4.69) is 15.6 Å². The van der Waals surface area contributed by atoms with Gasteiger partial charge in [-0.15, -0.1) is 11.3 Å². The minimum absolute atomic E-state index is 0.235. The number of carbonyl (C=O) groups excluding carboxylic acids is 1. The van der Waals surface area contributed by atoms with E-state index in [1.54, 1.807) is 11.3 Å². The third kappa shape index (κ3) is 3.89. The van der Waals surface area contributed by atoms with Crippen LogP contribution >= 0.6 is 11.3 Å². The molecule has 2 unspecified atom stereocenters. The summed E-state index contributed by atoms with van der Waals surface area (Å²) in [7, 11) is 0. The molecule has 0 spiro atoms. The Kier molecular flexibility index (Phi) is 4.93. The summed E-state index contributed by atoms with van der Waals surface area (Å²) in [5, 5.41) is 19.0. The Hall–Kier alpha value is -1.92. The Balaban J connectivity index is 1.44. The summed E-state index contributed by atoms with van der Waals surface area (Å²) in [6, 6.07) is 7.28. The van der Waals surface area contributed by atoms with Crippen molar-refractivity contribution in [3.63, 3.8) is 0 Å². The minimum atomic E-state index is -0.559. The molecule has 0 saturated carbocycles. The van der Waals surface area contributed by atoms with Gasteiger partial charge in [0.05, 0.1) is 17.2 Å². The van der Waals surface area contributed by atoms with E-state index in [1.807, 2.05) is 36.6 Å². The Morgan fingerprint density at radius 3 is 3.04 bits per heavy atom. The molecule has 2 aromatic rings. The quantitative estimate of drug-likeness (QED) is 0.736. The Labute approximate surface area is 139 Å². The lowest BCUT2D eigenvalue weighted by atomic mass is 10.1. The van der Waals surface area contributed by atoms with Crippen LogP contribution in [0.2, 0.25) is 0 Å². The van der Waals surface area contributed by atoms with Crippen molar-refractivity contribution in [3.05, 3.63) is 51.5 Å². The fourth-order valence-corrected chi connectivity index (χ4v) is 3.72. The average Bonchev–Trinajstić information content (AvgIpc) is 3.08. The number of hydrogen-bond acceptors (Lipinski definition) is 4. The fraction of sp³-hybridized carbons (Fsp3) is 0.412. The van der Waals surface area contributed by atoms with E-state index in [1.165, 1.54) is 0 Å². The van der Waals surface area contributed by atoms with E-state index in [0.29, 0.717) is 13.0 Å². The number of nitrogens with zero attached hydrogens (tertiary/aromatic N) is 1. The maximum absolute atomic E-state index is 12.0. The number of aryl methyl sites for hydroxylation is 2. The van der Waals surface area contributed by atoms with Crippen molar-refractivity contribution in [2.75, 3.05) is 6.54 Å². The van der Waals surface area contributed by atoms with Crippen molar-refractivity contribution in [2.24, 2.45) is 0 Å². The van der Waals surface area contributed by atoms with Gasteiger partial charge in [-0.25, -0.2) is 9.78 Å². The molecule has 23 heavy (non-hydrogen) atoms. The van der Waals surface area contributed by atoms with Crippen LogP contribution in [0, 0.1) is 6.92 Å². The van der Waals surface area contributed by atoms with Gasteiger partial charge in [-0.2, -0.15) is 0 Å². The highest BCUT2D eigenvalue weighted by Gasteiger charge is 2.31. The van der Waals surface area contributed by atoms with E-state index in [4.69, 9.17) is 0 Å². The zero-order chi connectivity index (χ0) is 16.2. The molecule has 1 aliphatic carbocycles. The zero-order valence-corrected chi connectivity index (χ0v) is 13.9. The maximum atomic E-state index is 12.0. The number of benzene rings is 1. The van der Waals surface area contributed by atoms with Crippen LogP contribution in [0.4, 0.5) is 4.79 Å². The first-order chi connectivity index (χ1) is 11.1. The second kappa shape index (κ2) is 7.10. The number of hydrogen-bond donors (Lipinski definition) is 3. The Bertz CT molecular complexity index is 686. The summed E-state index contributed by atoms with van der Waals surface area (Å²) >= 11 is 1.65. The number of amides is 2. The topological polar surface area (TPSA) is 74.2 Å². The third-order valence-corrected chi connectivity index (χ3v) is 5.04. The molecule has 0 radical (unpaired) electrons. The first kappa shape index (κ1) is 16.0. The summed E-state index contributed by atoms with van der Waals surface area (Å²) in [6.45, 7) is 2.57. The molecule has 6 heteroatoms. The summed E-state index contributed by atoms with van der Waals surface area (Å²) < 4.78 is 0. The van der Waals surface area contributed by atoms with Gasteiger partial charge in [0.15, 0.2) is 0 Å². The highest BCUT2D eigenvalue weighted by Crippen LogP contribution is 2.30. The molecular weight excluding hydrogens is 310 g/mol. The first-order valence-corrected chi connectivity index (χ1v) is 8.72. The third-order valence-electron chi connectivity index (χ3n) is 4.01. The van der Waals surface area contributed by atoms with E-state index < -0.39 is 6.10 Å². The normalized spacial score (nSPS) is 19.4. The van der Waals surface area contributed by atoms with Gasteiger partial charge < -0.3 is 15.7 Å². The van der Waals surface area contributed by atoms with Crippen molar-refractivity contribution in [3.8, 4) is 0 Å². The van der Waals surface area contributed by atoms with Crippen LogP contribution in [-0.2, 0) is 12.8 Å². The van der Waals surface area contributed by atoms with Crippen LogP contribution in [-0.4, -0.2) is 28.8 Å². The lowest BCUT2D eigenvalue weighted by Gasteiger charge is -2.18. The highest BCUT2D eigenvalue weighted by atomic mass is 32.1. The predicted octanol–water partition coefficient (Wildman–Crippen LogP) is 2.34. The standard InChI is InChI=1S/C17H21N3O2S/c1-11-10-23-15(19-11)7-4-8-18-17(22)20-16-13-6-3-2-5-12(13)9-14(16)21/h2-3,5-6,10,14,16,21H,4,7-9H2,1H3,(H2,18,20,22). The average molecular weight is 331 g/mol. The molecule has 5 nitrogen and oxygen atoms in total. The number of nitrogens with one attached hydrogen (secondary N) is 2. The predicted molar refractivity (Wildman–Crippen MR) is 90.6 cm³/mol. The second-order valence-corrected chi connectivity index (χ2v) is 6.78. The van der Waals surface area contributed by atoms with Crippen LogP contribution in [0.15, 0.2) is 29.6 Å². The number of aliphatic hydroxyl groups excluding tert-OH is 1. The monoisotopic (exact) mass is 331 g/mol. The number of urea groups is 1. The molecule has 2 amide bonds. The lowest BCUT2D eigenvalue weighted by Crippen LogP contribution is -2.41. The van der Waals surface area contributed by atoms with Crippen LogP contribution in [0.1, 0.15) is 34.3 Å². The molecular formula is C17H21N3O2S. The highest BCUT2D eigenvalue weighted by molar-refractivity contribution is 7.09. The number of rotatable bonds is 5. The van der Waals surface area contributed by atoms with Gasteiger partial charge in [-0.05, 0) is 24.5 Å². The molecule has 0 bridgehead atoms. The smallest absolute Gasteiger partial charge is 0.315 e. The summed E-state index contributed by atoms with van der Waals surface area (Å²) in [5.74, 6) is 0. The van der Waals surface area contributed by atoms with E-state index >= 15 is 0 Å². The van der Waals surface area contributed by atoms with Gasteiger partial charge in [0.25, 0.3) is 0 Å². The summed E-state index contributed by atoms with van der Waals surface area (Å²) in [6.07, 6.45) is 1.75. The van der Waals surface area contributed by atoms with Crippen molar-refractivity contribution in [2.45, 2.75) is 38.3 Å². The van der Waals surface area contributed by atoms with Crippen molar-refractivity contribution in [1.29, 1.82) is 0 Å². The molecule has 3 N–H and O–H groups in total. The molecule has 1 aromatic carbocycles. The number of aromatic nitrogens is 1. The van der Waals surface area contributed by atoms with Gasteiger partial charge in [0, 0.05) is 30.5 Å². The van der Waals surface area contributed by atoms with Gasteiger partial charge in [-0.3, -0.25) is 0 Å². The maximum Gasteiger partial charge on any atom is 0.315 e. The summed E-state index contributed by atoms with van der Waals surface area (Å²) in [4.78, 5) is 16.4. The van der Waals surface area contributed by atoms with E-state index in [0.717, 1.165) is 34.7 Å². The van der Waals surface area contributed by atoms with Crippen molar-refractivity contribution < 1.29 is 9.90 Å². The lowest BCUT2D eigenvalue weighted by molar-refractivity contribution is 0.142. The van der Waals surface area contributed by atoms with E-state index in [-0.39, 0.29) is 12.1 Å². The summed E-state index contributed by atoms with van der Waals surface area (Å²) in [5.41, 5.74) is 3.16. The Morgan fingerprint density at radius 1 is 1.43 bits per heavy atom. The molecule has 122 valence electrons. The minimum Gasteiger partial charge on any atom is -0.390 e. The molecule has 0 aliphatic heterocycles.